The van der Waals surface area contributed by atoms with Gasteiger partial charge in [-0.1, -0.05) is 19.8 Å². The molecule has 1 aliphatic heterocycles. The third-order valence-corrected chi connectivity index (χ3v) is 5.57. The number of thioether (sulfide) groups is 1. The Morgan fingerprint density at radius 1 is 1.40 bits per heavy atom. The van der Waals surface area contributed by atoms with Crippen LogP contribution in [-0.4, -0.2) is 57.7 Å². The first kappa shape index (κ1) is 15.5. The Balaban J connectivity index is 2.03. The van der Waals surface area contributed by atoms with Gasteiger partial charge >= 0.3 is 12.0 Å². The maximum absolute atomic E-state index is 12.6. The van der Waals surface area contributed by atoms with Gasteiger partial charge in [-0.2, -0.15) is 0 Å². The predicted molar refractivity (Wildman–Crippen MR) is 79.8 cm³/mol. The molecule has 0 spiro atoms. The van der Waals surface area contributed by atoms with Crippen molar-refractivity contribution in [3.8, 4) is 0 Å². The van der Waals surface area contributed by atoms with E-state index in [2.05, 4.69) is 6.92 Å². The molecule has 2 aliphatic rings. The molecule has 0 aromatic rings. The van der Waals surface area contributed by atoms with Crippen molar-refractivity contribution in [2.75, 3.05) is 19.3 Å². The van der Waals surface area contributed by atoms with E-state index in [1.807, 2.05) is 0 Å². The van der Waals surface area contributed by atoms with Crippen LogP contribution in [0.4, 0.5) is 4.79 Å². The highest BCUT2D eigenvalue weighted by atomic mass is 32.2. The number of carboxylic acids is 1. The van der Waals surface area contributed by atoms with Crippen molar-refractivity contribution in [3.63, 3.8) is 0 Å². The topological polar surface area (TPSA) is 60.9 Å². The summed E-state index contributed by atoms with van der Waals surface area (Å²) in [4.78, 5) is 27.3. The molecule has 1 N–H and O–H groups in total. The average molecular weight is 300 g/mol. The molecule has 2 atom stereocenters. The van der Waals surface area contributed by atoms with Crippen LogP contribution in [0.1, 0.15) is 39.0 Å². The van der Waals surface area contributed by atoms with Gasteiger partial charge in [0, 0.05) is 19.3 Å². The zero-order valence-corrected chi connectivity index (χ0v) is 13.1. The molecule has 1 aliphatic carbocycles. The molecule has 0 aromatic heterocycles. The fraction of sp³-hybridized carbons (Fsp3) is 0.857. The molecule has 2 amide bonds. The number of aliphatic carboxylic acids is 1. The minimum Gasteiger partial charge on any atom is -0.480 e. The Morgan fingerprint density at radius 3 is 2.60 bits per heavy atom. The largest absolute Gasteiger partial charge is 0.480 e. The van der Waals surface area contributed by atoms with Gasteiger partial charge < -0.3 is 10.0 Å². The van der Waals surface area contributed by atoms with E-state index in [1.165, 1.54) is 19.3 Å². The van der Waals surface area contributed by atoms with Crippen LogP contribution in [0, 0.1) is 5.92 Å². The number of amides is 2. The number of hydrogen-bond acceptors (Lipinski definition) is 3. The SMILES string of the molecule is CCCC1SCC(C(=O)O)N1C(=O)N(C)CC1CCC1. The minimum absolute atomic E-state index is 0.0115. The molecule has 1 saturated carbocycles. The number of carbonyl (C=O) groups is 2. The zero-order chi connectivity index (χ0) is 14.7. The second-order valence-corrected chi connectivity index (χ2v) is 7.01. The van der Waals surface area contributed by atoms with Crippen LogP contribution < -0.4 is 0 Å². The summed E-state index contributed by atoms with van der Waals surface area (Å²) >= 11 is 1.59. The van der Waals surface area contributed by atoms with Gasteiger partial charge in [0.05, 0.1) is 5.37 Å². The van der Waals surface area contributed by atoms with Gasteiger partial charge in [-0.3, -0.25) is 4.90 Å². The highest BCUT2D eigenvalue weighted by Gasteiger charge is 2.42. The van der Waals surface area contributed by atoms with E-state index in [9.17, 15) is 14.7 Å². The smallest absolute Gasteiger partial charge is 0.327 e. The Kier molecular flexibility index (Phi) is 5.18. The van der Waals surface area contributed by atoms with Crippen molar-refractivity contribution in [2.24, 2.45) is 5.92 Å². The average Bonchev–Trinajstić information content (AvgIpc) is 2.77. The molecular weight excluding hydrogens is 276 g/mol. The van der Waals surface area contributed by atoms with Crippen LogP contribution in [0.3, 0.4) is 0 Å². The predicted octanol–water partition coefficient (Wildman–Crippen LogP) is 2.47. The lowest BCUT2D eigenvalue weighted by Crippen LogP contribution is -2.51. The molecule has 2 rings (SSSR count). The zero-order valence-electron chi connectivity index (χ0n) is 12.2. The molecule has 2 unspecified atom stereocenters. The summed E-state index contributed by atoms with van der Waals surface area (Å²) in [6.45, 7) is 2.82. The molecule has 1 heterocycles. The Hall–Kier alpha value is -0.910. The van der Waals surface area contributed by atoms with E-state index >= 15 is 0 Å². The third kappa shape index (κ3) is 3.22. The van der Waals surface area contributed by atoms with E-state index < -0.39 is 12.0 Å². The van der Waals surface area contributed by atoms with E-state index in [4.69, 9.17) is 0 Å². The standard InChI is InChI=1S/C14H24N2O3S/c1-3-5-12-16(11(9-20-12)13(17)18)14(19)15(2)8-10-6-4-7-10/h10-12H,3-9H2,1-2H3,(H,17,18). The summed E-state index contributed by atoms with van der Waals surface area (Å²) < 4.78 is 0. The maximum atomic E-state index is 12.6. The molecular formula is C14H24N2O3S. The fourth-order valence-corrected chi connectivity index (χ4v) is 4.33. The lowest BCUT2D eigenvalue weighted by atomic mass is 9.85. The molecule has 5 nitrogen and oxygen atoms in total. The van der Waals surface area contributed by atoms with Crippen LogP contribution in [0.15, 0.2) is 0 Å². The number of nitrogens with zero attached hydrogens (tertiary/aromatic N) is 2. The monoisotopic (exact) mass is 300 g/mol. The number of hydrogen-bond donors (Lipinski definition) is 1. The number of rotatable bonds is 5. The summed E-state index contributed by atoms with van der Waals surface area (Å²) in [5.41, 5.74) is 0. The van der Waals surface area contributed by atoms with Crippen LogP contribution in [0.25, 0.3) is 0 Å². The van der Waals surface area contributed by atoms with E-state index in [1.54, 1.807) is 28.6 Å². The fourth-order valence-electron chi connectivity index (χ4n) is 2.82. The van der Waals surface area contributed by atoms with Crippen molar-refractivity contribution < 1.29 is 14.7 Å². The molecule has 1 saturated heterocycles. The molecule has 0 bridgehead atoms. The molecule has 2 fully saturated rings. The quantitative estimate of drug-likeness (QED) is 0.847. The summed E-state index contributed by atoms with van der Waals surface area (Å²) in [5.74, 6) is 0.219. The molecule has 0 aromatic carbocycles. The summed E-state index contributed by atoms with van der Waals surface area (Å²) in [6, 6.07) is -0.791. The molecule has 6 heteroatoms. The summed E-state index contributed by atoms with van der Waals surface area (Å²) in [6.07, 6.45) is 5.44. The van der Waals surface area contributed by atoms with Gasteiger partial charge in [-0.05, 0) is 25.2 Å². The first-order chi connectivity index (χ1) is 9.54. The summed E-state index contributed by atoms with van der Waals surface area (Å²) in [7, 11) is 1.80. The first-order valence-electron chi connectivity index (χ1n) is 7.42. The first-order valence-corrected chi connectivity index (χ1v) is 8.47. The van der Waals surface area contributed by atoms with Crippen LogP contribution in [0.2, 0.25) is 0 Å². The Bertz CT molecular complexity index is 373. The molecule has 20 heavy (non-hydrogen) atoms. The van der Waals surface area contributed by atoms with Crippen LogP contribution in [0.5, 0.6) is 0 Å². The van der Waals surface area contributed by atoms with E-state index in [-0.39, 0.29) is 11.4 Å². The van der Waals surface area contributed by atoms with Crippen molar-refractivity contribution in [3.05, 3.63) is 0 Å². The van der Waals surface area contributed by atoms with Gasteiger partial charge in [0.25, 0.3) is 0 Å². The number of urea groups is 1. The van der Waals surface area contributed by atoms with Crippen LogP contribution in [-0.2, 0) is 4.79 Å². The second kappa shape index (κ2) is 6.70. The van der Waals surface area contributed by atoms with Gasteiger partial charge in [-0.15, -0.1) is 11.8 Å². The minimum atomic E-state index is -0.888. The van der Waals surface area contributed by atoms with Gasteiger partial charge in [0.1, 0.15) is 6.04 Å². The molecule has 0 radical (unpaired) electrons. The Labute approximate surface area is 124 Å². The highest BCUT2D eigenvalue weighted by molar-refractivity contribution is 8.00. The van der Waals surface area contributed by atoms with Crippen molar-refractivity contribution in [1.82, 2.24) is 9.80 Å². The lowest BCUT2D eigenvalue weighted by molar-refractivity contribution is -0.141. The summed E-state index contributed by atoms with van der Waals surface area (Å²) in [5, 5.41) is 9.33. The van der Waals surface area contributed by atoms with E-state index in [0.717, 1.165) is 19.4 Å². The van der Waals surface area contributed by atoms with Gasteiger partial charge in [0.2, 0.25) is 0 Å². The third-order valence-electron chi connectivity index (χ3n) is 4.22. The van der Waals surface area contributed by atoms with Crippen molar-refractivity contribution >= 4 is 23.8 Å². The normalized spacial score (nSPS) is 26.4. The molecule has 114 valence electrons. The van der Waals surface area contributed by atoms with Gasteiger partial charge in [-0.25, -0.2) is 9.59 Å². The highest BCUT2D eigenvalue weighted by Crippen LogP contribution is 2.34. The van der Waals surface area contributed by atoms with Crippen molar-refractivity contribution in [2.45, 2.75) is 50.4 Å². The Morgan fingerprint density at radius 2 is 2.10 bits per heavy atom. The number of carboxylic acid groups (broad SMARTS) is 1. The lowest BCUT2D eigenvalue weighted by Gasteiger charge is -2.35. The van der Waals surface area contributed by atoms with E-state index in [0.29, 0.717) is 11.7 Å². The second-order valence-electron chi connectivity index (χ2n) is 5.80. The maximum Gasteiger partial charge on any atom is 0.327 e. The van der Waals surface area contributed by atoms with Crippen molar-refractivity contribution in [1.29, 1.82) is 0 Å². The van der Waals surface area contributed by atoms with Crippen LogP contribution >= 0.6 is 11.8 Å². The van der Waals surface area contributed by atoms with Gasteiger partial charge in [0.15, 0.2) is 0 Å². The number of carbonyl (C=O) groups excluding carboxylic acids is 1.